The molecule has 1 aliphatic heterocycles. The zero-order valence-corrected chi connectivity index (χ0v) is 19.8. The Bertz CT molecular complexity index is 1010. The molecule has 2 atom stereocenters. The van der Waals surface area contributed by atoms with E-state index in [9.17, 15) is 14.7 Å². The minimum atomic E-state index is -1.16. The van der Waals surface area contributed by atoms with Gasteiger partial charge in [-0.2, -0.15) is 0 Å². The lowest BCUT2D eigenvalue weighted by molar-refractivity contribution is -0.140. The van der Waals surface area contributed by atoms with Gasteiger partial charge >= 0.3 is 6.09 Å². The molecule has 4 rings (SSSR count). The van der Waals surface area contributed by atoms with Gasteiger partial charge in [0.05, 0.1) is 22.6 Å². The Hall–Kier alpha value is -2.77. The summed E-state index contributed by atoms with van der Waals surface area (Å²) >= 11 is 6.56. The Labute approximate surface area is 204 Å². The number of nitrogens with zero attached hydrogens (tertiary/aromatic N) is 1. The monoisotopic (exact) mass is 486 g/mol. The average molecular weight is 487 g/mol. The first-order chi connectivity index (χ1) is 16.4. The van der Waals surface area contributed by atoms with Crippen molar-refractivity contribution in [2.24, 2.45) is 0 Å². The van der Waals surface area contributed by atoms with Gasteiger partial charge in [0.1, 0.15) is 12.4 Å². The molecule has 2 aromatic carbocycles. The Balaban J connectivity index is 1.56. The first-order valence-electron chi connectivity index (χ1n) is 11.8. The number of carbonyl (C=O) groups excluding carboxylic acids is 1. The highest BCUT2D eigenvalue weighted by atomic mass is 35.5. The summed E-state index contributed by atoms with van der Waals surface area (Å²) in [5.41, 5.74) is 0.510. The standard InChI is InChI=1S/C26H31ClN2O5/c27-21-15-19(9-10-22(21)34-17-18-7-3-1-4-8-18)23(26(33)12-5-2-6-13-26)24(30)29-14-11-20(16-29)28-25(31)32/h1,3-4,7-10,15,20,23,28,33H,2,5-6,11-14,16-17H2,(H,31,32)/t20-,23?/m1/s1. The van der Waals surface area contributed by atoms with Gasteiger partial charge in [0.2, 0.25) is 5.91 Å². The van der Waals surface area contributed by atoms with Crippen molar-refractivity contribution >= 4 is 23.6 Å². The number of ether oxygens (including phenoxy) is 1. The molecule has 1 heterocycles. The lowest BCUT2D eigenvalue weighted by atomic mass is 9.72. The van der Waals surface area contributed by atoms with Gasteiger partial charge in [-0.15, -0.1) is 0 Å². The number of carbonyl (C=O) groups is 2. The smallest absolute Gasteiger partial charge is 0.404 e. The predicted octanol–water partition coefficient (Wildman–Crippen LogP) is 4.57. The van der Waals surface area contributed by atoms with E-state index < -0.39 is 17.6 Å². The minimum absolute atomic E-state index is 0.187. The van der Waals surface area contributed by atoms with E-state index >= 15 is 0 Å². The maximum absolute atomic E-state index is 13.7. The number of hydrogen-bond acceptors (Lipinski definition) is 4. The quantitative estimate of drug-likeness (QED) is 0.532. The molecule has 2 aromatic rings. The van der Waals surface area contributed by atoms with Crippen molar-refractivity contribution in [3.05, 3.63) is 64.7 Å². The Kier molecular flexibility index (Phi) is 7.63. The molecule has 0 aromatic heterocycles. The third-order valence-electron chi connectivity index (χ3n) is 6.86. The summed E-state index contributed by atoms with van der Waals surface area (Å²) in [6.07, 6.45) is 3.28. The van der Waals surface area contributed by atoms with Crippen LogP contribution in [0.15, 0.2) is 48.5 Å². The van der Waals surface area contributed by atoms with Crippen LogP contribution in [0.5, 0.6) is 5.75 Å². The van der Waals surface area contributed by atoms with Crippen molar-refractivity contribution < 1.29 is 24.5 Å². The molecule has 1 unspecified atom stereocenters. The number of benzene rings is 2. The van der Waals surface area contributed by atoms with Crippen LogP contribution in [-0.4, -0.2) is 51.8 Å². The van der Waals surface area contributed by atoms with Crippen LogP contribution in [0.25, 0.3) is 0 Å². The van der Waals surface area contributed by atoms with Crippen LogP contribution in [0.3, 0.4) is 0 Å². The Morgan fingerprint density at radius 1 is 1.15 bits per heavy atom. The molecule has 182 valence electrons. The molecular formula is C26H31ClN2O5. The van der Waals surface area contributed by atoms with Crippen molar-refractivity contribution in [3.63, 3.8) is 0 Å². The van der Waals surface area contributed by atoms with Crippen molar-refractivity contribution in [1.82, 2.24) is 10.2 Å². The number of halogens is 1. The molecule has 1 saturated heterocycles. The number of carboxylic acid groups (broad SMARTS) is 1. The third kappa shape index (κ3) is 5.65. The van der Waals surface area contributed by atoms with Gasteiger partial charge in [0.15, 0.2) is 0 Å². The van der Waals surface area contributed by atoms with Gasteiger partial charge in [-0.05, 0) is 42.5 Å². The lowest BCUT2D eigenvalue weighted by Crippen LogP contribution is -2.48. The normalized spacial score (nSPS) is 20.5. The molecule has 8 heteroatoms. The van der Waals surface area contributed by atoms with E-state index in [1.165, 1.54) is 0 Å². The van der Waals surface area contributed by atoms with Gasteiger partial charge in [-0.3, -0.25) is 4.79 Å². The zero-order chi connectivity index (χ0) is 24.1. The second-order valence-corrected chi connectivity index (χ2v) is 9.69. The number of nitrogens with one attached hydrogen (secondary N) is 1. The van der Waals surface area contributed by atoms with Crippen LogP contribution in [0.2, 0.25) is 5.02 Å². The van der Waals surface area contributed by atoms with E-state index in [1.807, 2.05) is 36.4 Å². The van der Waals surface area contributed by atoms with Crippen molar-refractivity contribution in [3.8, 4) is 5.75 Å². The average Bonchev–Trinajstić information content (AvgIpc) is 3.27. The summed E-state index contributed by atoms with van der Waals surface area (Å²) in [4.78, 5) is 26.4. The molecule has 0 spiro atoms. The summed E-state index contributed by atoms with van der Waals surface area (Å²) in [5.74, 6) is -0.437. The second-order valence-electron chi connectivity index (χ2n) is 9.28. The summed E-state index contributed by atoms with van der Waals surface area (Å²) < 4.78 is 5.89. The highest BCUT2D eigenvalue weighted by Crippen LogP contribution is 2.43. The molecule has 2 amide bonds. The molecule has 1 aliphatic carbocycles. The lowest BCUT2D eigenvalue weighted by Gasteiger charge is -2.40. The maximum atomic E-state index is 13.7. The van der Waals surface area contributed by atoms with Crippen molar-refractivity contribution in [1.29, 1.82) is 0 Å². The van der Waals surface area contributed by atoms with Crippen LogP contribution in [0.4, 0.5) is 4.79 Å². The van der Waals surface area contributed by atoms with Crippen LogP contribution in [0.1, 0.15) is 55.6 Å². The predicted molar refractivity (Wildman–Crippen MR) is 129 cm³/mol. The van der Waals surface area contributed by atoms with E-state index in [0.717, 1.165) is 24.8 Å². The number of rotatable bonds is 7. The van der Waals surface area contributed by atoms with Gasteiger partial charge < -0.3 is 25.2 Å². The summed E-state index contributed by atoms with van der Waals surface area (Å²) in [5, 5.41) is 23.5. The van der Waals surface area contributed by atoms with E-state index in [1.54, 1.807) is 17.0 Å². The largest absolute Gasteiger partial charge is 0.487 e. The van der Waals surface area contributed by atoms with Crippen molar-refractivity contribution in [2.45, 2.75) is 62.7 Å². The summed E-state index contributed by atoms with van der Waals surface area (Å²) in [6.45, 7) is 1.12. The number of hydrogen-bond donors (Lipinski definition) is 3. The molecule has 34 heavy (non-hydrogen) atoms. The van der Waals surface area contributed by atoms with Crippen LogP contribution >= 0.6 is 11.6 Å². The number of amides is 2. The number of likely N-dealkylation sites (tertiary alicyclic amines) is 1. The van der Waals surface area contributed by atoms with E-state index in [-0.39, 0.29) is 11.9 Å². The molecule has 0 radical (unpaired) electrons. The molecule has 2 aliphatic rings. The Morgan fingerprint density at radius 3 is 2.56 bits per heavy atom. The molecular weight excluding hydrogens is 456 g/mol. The fourth-order valence-corrected chi connectivity index (χ4v) is 5.36. The van der Waals surface area contributed by atoms with Crippen LogP contribution in [-0.2, 0) is 11.4 Å². The van der Waals surface area contributed by atoms with Crippen LogP contribution < -0.4 is 10.1 Å². The van der Waals surface area contributed by atoms with E-state index in [2.05, 4.69) is 5.32 Å². The molecule has 0 bridgehead atoms. The number of aliphatic hydroxyl groups is 1. The van der Waals surface area contributed by atoms with E-state index in [4.69, 9.17) is 21.4 Å². The minimum Gasteiger partial charge on any atom is -0.487 e. The van der Waals surface area contributed by atoms with Gasteiger partial charge in [0.25, 0.3) is 0 Å². The highest BCUT2D eigenvalue weighted by Gasteiger charge is 2.46. The van der Waals surface area contributed by atoms with Gasteiger partial charge in [0, 0.05) is 13.1 Å². The Morgan fingerprint density at radius 2 is 1.88 bits per heavy atom. The first-order valence-corrected chi connectivity index (χ1v) is 12.2. The summed E-state index contributed by atoms with van der Waals surface area (Å²) in [6, 6.07) is 14.8. The molecule has 3 N–H and O–H groups in total. The summed E-state index contributed by atoms with van der Waals surface area (Å²) in [7, 11) is 0. The van der Waals surface area contributed by atoms with Crippen LogP contribution in [0, 0.1) is 0 Å². The first kappa shape index (κ1) is 24.4. The molecule has 1 saturated carbocycles. The third-order valence-corrected chi connectivity index (χ3v) is 7.15. The van der Waals surface area contributed by atoms with Gasteiger partial charge in [-0.1, -0.05) is 67.3 Å². The fraction of sp³-hybridized carbons (Fsp3) is 0.462. The van der Waals surface area contributed by atoms with Gasteiger partial charge in [-0.25, -0.2) is 4.79 Å². The van der Waals surface area contributed by atoms with Crippen molar-refractivity contribution in [2.75, 3.05) is 13.1 Å². The van der Waals surface area contributed by atoms with E-state index in [0.29, 0.717) is 55.3 Å². The molecule has 7 nitrogen and oxygen atoms in total. The SMILES string of the molecule is O=C(O)N[C@@H]1CCN(C(=O)C(c2ccc(OCc3ccccc3)c(Cl)c2)C2(O)CCCCC2)C1. The second kappa shape index (κ2) is 10.7. The fourth-order valence-electron chi connectivity index (χ4n) is 5.12. The molecule has 2 fully saturated rings. The zero-order valence-electron chi connectivity index (χ0n) is 19.1. The topological polar surface area (TPSA) is 99.1 Å². The maximum Gasteiger partial charge on any atom is 0.404 e. The highest BCUT2D eigenvalue weighted by molar-refractivity contribution is 6.32.